The molecule has 3 spiro atoms. The van der Waals surface area contributed by atoms with E-state index >= 15 is 0 Å². The van der Waals surface area contributed by atoms with E-state index in [2.05, 4.69) is 62.1 Å². The molecule has 48 heavy (non-hydrogen) atoms. The highest BCUT2D eigenvalue weighted by molar-refractivity contribution is 5.75. The molecule has 2 heterocycles. The number of benzene rings is 2. The van der Waals surface area contributed by atoms with Gasteiger partial charge in [-0.25, -0.2) is 4.79 Å². The van der Waals surface area contributed by atoms with E-state index in [0.717, 1.165) is 51.0 Å². The molecule has 7 aliphatic carbocycles. The molecule has 5 saturated carbocycles. The summed E-state index contributed by atoms with van der Waals surface area (Å²) in [4.78, 5) is 16.1. The SMILES string of the molecule is COC12CCC3(CC1C(C)(O)C(C)(C)C)C1N(CC4CC4)C14CC31c3c4ccc(OC(=O)OCCC4=CCc5ccccc5C4)c3OC21. The highest BCUT2D eigenvalue weighted by Crippen LogP contribution is 2.90. The maximum Gasteiger partial charge on any atom is 0.513 e. The van der Waals surface area contributed by atoms with Crippen LogP contribution in [-0.4, -0.2) is 59.8 Å². The Hall–Kier alpha value is -2.87. The van der Waals surface area contributed by atoms with Crippen LogP contribution in [0.3, 0.4) is 0 Å². The van der Waals surface area contributed by atoms with Gasteiger partial charge in [-0.05, 0) is 92.4 Å². The van der Waals surface area contributed by atoms with Gasteiger partial charge in [0.1, 0.15) is 11.7 Å². The first-order valence-corrected chi connectivity index (χ1v) is 18.4. The predicted molar refractivity (Wildman–Crippen MR) is 180 cm³/mol. The van der Waals surface area contributed by atoms with Crippen molar-refractivity contribution < 1.29 is 28.8 Å². The minimum Gasteiger partial charge on any atom is -0.482 e. The van der Waals surface area contributed by atoms with Crippen LogP contribution in [0.15, 0.2) is 48.0 Å². The van der Waals surface area contributed by atoms with E-state index in [0.29, 0.717) is 24.0 Å². The average Bonchev–Trinajstić information content (AvgIpc) is 3.90. The molecule has 9 atom stereocenters. The lowest BCUT2D eigenvalue weighted by Crippen LogP contribution is -2.77. The molecule has 1 N–H and O–H groups in total. The number of carbonyl (C=O) groups is 1. The molecule has 4 bridgehead atoms. The summed E-state index contributed by atoms with van der Waals surface area (Å²) in [5.74, 6) is 1.86. The number of rotatable bonds is 8. The minimum absolute atomic E-state index is 0.00633. The standard InChI is InChI=1S/C41H49NO6/c1-36(2,3)37(4,44)30-21-38-17-18-41(30,45-5)34-39(38)23-40(33(38)42(40)22-25-10-11-25)28-14-15-29(32(48-34)31(28)39)47-35(43)46-19-16-24-12-13-26-8-6-7-9-27(26)20-24/h6-9,12,14-15,25,30,33-34,44H,10-11,13,16-23H2,1-5H3. The normalized spacial score (nSPS) is 39.9. The Balaban J connectivity index is 0.978. The maximum absolute atomic E-state index is 13.2. The fourth-order valence-electron chi connectivity index (χ4n) is 12.4. The van der Waals surface area contributed by atoms with Crippen LogP contribution in [0, 0.1) is 22.7 Å². The lowest BCUT2D eigenvalue weighted by Gasteiger charge is -2.69. The second kappa shape index (κ2) is 9.26. The minimum atomic E-state index is -0.969. The van der Waals surface area contributed by atoms with Gasteiger partial charge >= 0.3 is 6.16 Å². The number of hydrogen-bond donors (Lipinski definition) is 1. The van der Waals surface area contributed by atoms with E-state index in [4.69, 9.17) is 18.9 Å². The van der Waals surface area contributed by atoms with Crippen molar-refractivity contribution >= 4 is 6.16 Å². The first-order chi connectivity index (χ1) is 22.9. The van der Waals surface area contributed by atoms with Crippen molar-refractivity contribution in [3.8, 4) is 11.5 Å². The summed E-state index contributed by atoms with van der Waals surface area (Å²) in [6.45, 7) is 9.91. The molecule has 9 unspecified atom stereocenters. The number of aliphatic hydroxyl groups is 1. The molecule has 2 aromatic carbocycles. The Labute approximate surface area is 284 Å². The second-order valence-corrected chi connectivity index (χ2v) is 17.8. The van der Waals surface area contributed by atoms with E-state index in [-0.39, 0.29) is 40.4 Å². The fourth-order valence-corrected chi connectivity index (χ4v) is 12.4. The predicted octanol–water partition coefficient (Wildman–Crippen LogP) is 7.01. The van der Waals surface area contributed by atoms with Crippen molar-refractivity contribution in [2.45, 2.75) is 120 Å². The second-order valence-electron chi connectivity index (χ2n) is 17.8. The number of hydrogen-bond acceptors (Lipinski definition) is 7. The van der Waals surface area contributed by atoms with Gasteiger partial charge in [0, 0.05) is 48.4 Å². The van der Waals surface area contributed by atoms with Crippen LogP contribution in [0.4, 0.5) is 4.79 Å². The third-order valence-electron chi connectivity index (χ3n) is 15.2. The Kier molecular flexibility index (Phi) is 5.79. The summed E-state index contributed by atoms with van der Waals surface area (Å²) >= 11 is 0. The molecular formula is C41H49NO6. The Morgan fingerprint density at radius 1 is 1.08 bits per heavy atom. The van der Waals surface area contributed by atoms with E-state index in [1.807, 2.05) is 20.1 Å². The fraction of sp³-hybridized carbons (Fsp3) is 0.634. The van der Waals surface area contributed by atoms with Crippen LogP contribution in [-0.2, 0) is 33.3 Å². The van der Waals surface area contributed by atoms with Gasteiger partial charge in [0.2, 0.25) is 0 Å². The smallest absolute Gasteiger partial charge is 0.482 e. The summed E-state index contributed by atoms with van der Waals surface area (Å²) in [5, 5.41) is 12.4. The highest BCUT2D eigenvalue weighted by Gasteiger charge is 2.95. The van der Waals surface area contributed by atoms with Crippen LogP contribution < -0.4 is 9.47 Å². The molecular weight excluding hydrogens is 602 g/mol. The molecule has 7 nitrogen and oxygen atoms in total. The number of nitrogens with zero attached hydrogens (tertiary/aromatic N) is 1. The molecule has 11 rings (SSSR count). The lowest BCUT2D eigenvalue weighted by atomic mass is 9.38. The largest absolute Gasteiger partial charge is 0.513 e. The maximum atomic E-state index is 13.2. The molecule has 0 radical (unpaired) electrons. The Bertz CT molecular complexity index is 1790. The summed E-state index contributed by atoms with van der Waals surface area (Å²) in [6, 6.07) is 13.2. The van der Waals surface area contributed by atoms with Crippen molar-refractivity contribution in [1.29, 1.82) is 0 Å². The van der Waals surface area contributed by atoms with Crippen LogP contribution in [0.2, 0.25) is 0 Å². The summed E-state index contributed by atoms with van der Waals surface area (Å²) in [5.41, 5.74) is 4.46. The van der Waals surface area contributed by atoms with Gasteiger partial charge in [-0.3, -0.25) is 4.90 Å². The van der Waals surface area contributed by atoms with Gasteiger partial charge in [-0.15, -0.1) is 0 Å². The first-order valence-electron chi connectivity index (χ1n) is 18.4. The van der Waals surface area contributed by atoms with Crippen molar-refractivity contribution in [3.63, 3.8) is 0 Å². The zero-order valence-electron chi connectivity index (χ0n) is 29.1. The number of ether oxygens (including phenoxy) is 4. The number of methoxy groups -OCH3 is 1. The van der Waals surface area contributed by atoms with E-state index in [1.165, 1.54) is 40.7 Å². The Morgan fingerprint density at radius 3 is 2.62 bits per heavy atom. The van der Waals surface area contributed by atoms with Crippen LogP contribution in [0.5, 0.6) is 11.5 Å². The third-order valence-corrected chi connectivity index (χ3v) is 15.2. The molecule has 254 valence electrons. The molecule has 0 aromatic heterocycles. The van der Waals surface area contributed by atoms with Gasteiger partial charge in [0.05, 0.1) is 17.7 Å². The van der Waals surface area contributed by atoms with Crippen molar-refractivity contribution in [1.82, 2.24) is 4.90 Å². The summed E-state index contributed by atoms with van der Waals surface area (Å²) in [7, 11) is 1.82. The van der Waals surface area contributed by atoms with Gasteiger partial charge in [-0.1, -0.05) is 62.8 Å². The van der Waals surface area contributed by atoms with Gasteiger partial charge in [0.25, 0.3) is 0 Å². The number of likely N-dealkylation sites (tertiary alicyclic amines) is 1. The van der Waals surface area contributed by atoms with E-state index < -0.39 is 17.4 Å². The number of carbonyl (C=O) groups excluding carboxylic acids is 1. The first kappa shape index (κ1) is 30.0. The van der Waals surface area contributed by atoms with Crippen molar-refractivity contribution in [2.24, 2.45) is 22.7 Å². The lowest BCUT2D eigenvalue weighted by molar-refractivity contribution is -0.290. The third kappa shape index (κ3) is 3.40. The zero-order valence-corrected chi connectivity index (χ0v) is 29.1. The van der Waals surface area contributed by atoms with Gasteiger partial charge in [-0.2, -0.15) is 0 Å². The van der Waals surface area contributed by atoms with Crippen molar-refractivity contribution in [3.05, 3.63) is 70.3 Å². The average molecular weight is 652 g/mol. The topological polar surface area (TPSA) is 77.2 Å². The van der Waals surface area contributed by atoms with Gasteiger partial charge in [0.15, 0.2) is 11.5 Å². The quantitative estimate of drug-likeness (QED) is 0.143. The molecule has 6 fully saturated rings. The van der Waals surface area contributed by atoms with Crippen LogP contribution >= 0.6 is 0 Å². The van der Waals surface area contributed by atoms with E-state index in [1.54, 1.807) is 0 Å². The summed E-state index contributed by atoms with van der Waals surface area (Å²) in [6.07, 6.45) is 10.4. The highest BCUT2D eigenvalue weighted by atomic mass is 16.7. The zero-order chi connectivity index (χ0) is 33.1. The molecule has 0 amide bonds. The molecule has 2 aliphatic heterocycles. The number of piperidine rings is 1. The van der Waals surface area contributed by atoms with Crippen LogP contribution in [0.1, 0.15) is 94.9 Å². The van der Waals surface area contributed by atoms with E-state index in [9.17, 15) is 9.90 Å². The monoisotopic (exact) mass is 651 g/mol. The Morgan fingerprint density at radius 2 is 1.88 bits per heavy atom. The number of fused-ring (bicyclic) bond motifs is 3. The van der Waals surface area contributed by atoms with Crippen LogP contribution in [0.25, 0.3) is 0 Å². The molecule has 9 aliphatic rings. The molecule has 2 aromatic rings. The summed E-state index contributed by atoms with van der Waals surface area (Å²) < 4.78 is 25.6. The van der Waals surface area contributed by atoms with Gasteiger partial charge < -0.3 is 24.1 Å². The molecule has 1 saturated heterocycles. The number of allylic oxidation sites excluding steroid dienone is 1. The molecule has 7 heteroatoms. The van der Waals surface area contributed by atoms with Crippen molar-refractivity contribution in [2.75, 3.05) is 20.3 Å².